The molecule has 0 spiro atoms. The van der Waals surface area contributed by atoms with Gasteiger partial charge in [-0.25, -0.2) is 4.79 Å². The van der Waals surface area contributed by atoms with Gasteiger partial charge in [-0.05, 0) is 18.1 Å². The summed E-state index contributed by atoms with van der Waals surface area (Å²) in [6, 6.07) is 1.84. The van der Waals surface area contributed by atoms with Crippen LogP contribution in [0.15, 0.2) is 24.9 Å². The van der Waals surface area contributed by atoms with Gasteiger partial charge in [0.2, 0.25) is 0 Å². The molecule has 0 amide bonds. The van der Waals surface area contributed by atoms with Crippen molar-refractivity contribution in [1.29, 1.82) is 0 Å². The molecule has 0 atom stereocenters. The molecule has 1 aromatic heterocycles. The van der Waals surface area contributed by atoms with Crippen molar-refractivity contribution in [1.82, 2.24) is 4.98 Å². The van der Waals surface area contributed by atoms with Crippen LogP contribution in [0.2, 0.25) is 0 Å². The van der Waals surface area contributed by atoms with Gasteiger partial charge in [-0.2, -0.15) is 0 Å². The lowest BCUT2D eigenvalue weighted by molar-refractivity contribution is 0.0594. The smallest absolute Gasteiger partial charge is 0.354 e. The highest BCUT2D eigenvalue weighted by molar-refractivity contribution is 5.89. The zero-order valence-electron chi connectivity index (χ0n) is 6.96. The number of methoxy groups -OCH3 is 1. The lowest BCUT2D eigenvalue weighted by Crippen LogP contribution is -2.04. The Morgan fingerprint density at radius 1 is 1.83 bits per heavy atom. The van der Waals surface area contributed by atoms with E-state index in [1.54, 1.807) is 12.3 Å². The van der Waals surface area contributed by atoms with Crippen LogP contribution >= 0.6 is 0 Å². The topological polar surface area (TPSA) is 42.1 Å². The van der Waals surface area contributed by atoms with Crippen LogP contribution in [0.3, 0.4) is 0 Å². The van der Waals surface area contributed by atoms with Crippen molar-refractivity contribution in [2.24, 2.45) is 0 Å². The molecule has 12 heavy (non-hydrogen) atoms. The van der Waals surface area contributed by atoms with Crippen LogP contribution in [-0.4, -0.2) is 18.1 Å². The number of allylic oxidation sites excluding steroid dienone is 1. The Hall–Kier alpha value is -1.51. The van der Waals surface area contributed by atoms with E-state index in [0.29, 0.717) is 12.1 Å². The monoisotopic (exact) mass is 165 g/mol. The number of carbonyl (C=O) groups is 1. The Balaban J connectivity index is 2.90. The van der Waals surface area contributed by atoms with Crippen molar-refractivity contribution in [2.75, 3.05) is 7.11 Å². The highest BCUT2D eigenvalue weighted by atomic mass is 16.5. The fraction of sp³-hybridized carbons (Fsp3) is 0.222. The van der Waals surface area contributed by atoms with Gasteiger partial charge in [0.05, 0.1) is 7.11 Å². The molecule has 0 radical (unpaired) electrons. The molecule has 0 bridgehead atoms. The van der Waals surface area contributed by atoms with Crippen LogP contribution in [0.5, 0.6) is 0 Å². The molecule has 0 aliphatic heterocycles. The van der Waals surface area contributed by atoms with E-state index in [1.807, 2.05) is 6.07 Å². The zero-order chi connectivity index (χ0) is 8.97. The van der Waals surface area contributed by atoms with Gasteiger partial charge >= 0.3 is 5.97 Å². The number of rotatable bonds is 3. The van der Waals surface area contributed by atoms with Crippen molar-refractivity contribution in [3.63, 3.8) is 0 Å². The summed E-state index contributed by atoms with van der Waals surface area (Å²) < 4.78 is 4.58. The maximum absolute atomic E-state index is 11.1. The number of hydrogen-bond acceptors (Lipinski definition) is 2. The molecule has 0 saturated heterocycles. The van der Waals surface area contributed by atoms with Crippen LogP contribution in [-0.2, 0) is 11.2 Å². The van der Waals surface area contributed by atoms with Gasteiger partial charge in [0.15, 0.2) is 0 Å². The summed E-state index contributed by atoms with van der Waals surface area (Å²) >= 11 is 0. The Morgan fingerprint density at radius 3 is 3.17 bits per heavy atom. The Labute approximate surface area is 71.1 Å². The fourth-order valence-corrected chi connectivity index (χ4v) is 1.02. The predicted molar refractivity (Wildman–Crippen MR) is 46.0 cm³/mol. The first kappa shape index (κ1) is 8.59. The number of nitrogens with one attached hydrogen (secondary N) is 1. The quantitative estimate of drug-likeness (QED) is 0.545. The molecule has 1 N–H and O–H groups in total. The van der Waals surface area contributed by atoms with Crippen molar-refractivity contribution in [2.45, 2.75) is 6.42 Å². The number of aromatic nitrogens is 1. The van der Waals surface area contributed by atoms with Crippen LogP contribution in [0, 0.1) is 0 Å². The van der Waals surface area contributed by atoms with E-state index in [-0.39, 0.29) is 5.97 Å². The van der Waals surface area contributed by atoms with Crippen LogP contribution < -0.4 is 0 Å². The zero-order valence-corrected chi connectivity index (χ0v) is 6.96. The lowest BCUT2D eigenvalue weighted by Gasteiger charge is -1.98. The van der Waals surface area contributed by atoms with Crippen molar-refractivity contribution in [3.05, 3.63) is 36.2 Å². The number of H-pyrrole nitrogens is 1. The Bertz CT molecular complexity index is 288. The number of esters is 1. The maximum Gasteiger partial charge on any atom is 0.354 e. The number of hydrogen-bond donors (Lipinski definition) is 1. The van der Waals surface area contributed by atoms with Crippen LogP contribution in [0.4, 0.5) is 0 Å². The molecule has 0 fully saturated rings. The Morgan fingerprint density at radius 2 is 2.58 bits per heavy atom. The third-order valence-corrected chi connectivity index (χ3v) is 1.59. The van der Waals surface area contributed by atoms with E-state index in [9.17, 15) is 4.79 Å². The summed E-state index contributed by atoms with van der Waals surface area (Å²) in [7, 11) is 1.36. The highest BCUT2D eigenvalue weighted by Gasteiger charge is 2.10. The Kier molecular flexibility index (Phi) is 2.69. The average molecular weight is 165 g/mol. The summed E-state index contributed by atoms with van der Waals surface area (Å²) in [6.07, 6.45) is 4.13. The van der Waals surface area contributed by atoms with Crippen molar-refractivity contribution < 1.29 is 9.53 Å². The molecule has 1 heterocycles. The first-order valence-electron chi connectivity index (χ1n) is 3.65. The molecule has 3 heteroatoms. The minimum atomic E-state index is -0.336. The molecule has 0 unspecified atom stereocenters. The van der Waals surface area contributed by atoms with Crippen LogP contribution in [0.25, 0.3) is 0 Å². The molecule has 0 saturated carbocycles. The molecule has 0 aromatic carbocycles. The molecule has 0 aliphatic rings. The maximum atomic E-state index is 11.1. The fourth-order valence-electron chi connectivity index (χ4n) is 1.02. The largest absolute Gasteiger partial charge is 0.464 e. The normalized spacial score (nSPS) is 9.42. The van der Waals surface area contributed by atoms with Gasteiger partial charge in [-0.3, -0.25) is 0 Å². The van der Waals surface area contributed by atoms with Gasteiger partial charge in [0.25, 0.3) is 0 Å². The highest BCUT2D eigenvalue weighted by Crippen LogP contribution is 2.08. The van der Waals surface area contributed by atoms with Gasteiger partial charge < -0.3 is 9.72 Å². The van der Waals surface area contributed by atoms with Crippen molar-refractivity contribution >= 4 is 5.97 Å². The second-order valence-corrected chi connectivity index (χ2v) is 2.36. The first-order chi connectivity index (χ1) is 5.79. The molecular weight excluding hydrogens is 154 g/mol. The number of aromatic amines is 1. The summed E-state index contributed by atoms with van der Waals surface area (Å²) in [6.45, 7) is 3.60. The van der Waals surface area contributed by atoms with Crippen molar-refractivity contribution in [3.8, 4) is 0 Å². The molecular formula is C9H11NO2. The summed E-state index contributed by atoms with van der Waals surface area (Å²) in [5.41, 5.74) is 1.43. The number of ether oxygens (including phenoxy) is 1. The molecule has 64 valence electrons. The second kappa shape index (κ2) is 3.76. The van der Waals surface area contributed by atoms with E-state index in [1.165, 1.54) is 7.11 Å². The SMILES string of the molecule is C=CCc1cc[nH]c1C(=O)OC. The van der Waals surface area contributed by atoms with Gasteiger partial charge in [0, 0.05) is 6.20 Å². The van der Waals surface area contributed by atoms with E-state index in [2.05, 4.69) is 16.3 Å². The van der Waals surface area contributed by atoms with E-state index < -0.39 is 0 Å². The average Bonchev–Trinajstić information content (AvgIpc) is 2.52. The van der Waals surface area contributed by atoms with Gasteiger partial charge in [0.1, 0.15) is 5.69 Å². The van der Waals surface area contributed by atoms with Gasteiger partial charge in [-0.1, -0.05) is 6.08 Å². The third kappa shape index (κ3) is 1.56. The number of carbonyl (C=O) groups excluding carboxylic acids is 1. The predicted octanol–water partition coefficient (Wildman–Crippen LogP) is 1.53. The minimum Gasteiger partial charge on any atom is -0.464 e. The summed E-state index contributed by atoms with van der Waals surface area (Å²) in [4.78, 5) is 13.9. The molecule has 3 nitrogen and oxygen atoms in total. The summed E-state index contributed by atoms with van der Waals surface area (Å²) in [5, 5.41) is 0. The third-order valence-electron chi connectivity index (χ3n) is 1.59. The van der Waals surface area contributed by atoms with Gasteiger partial charge in [-0.15, -0.1) is 6.58 Å². The second-order valence-electron chi connectivity index (χ2n) is 2.36. The summed E-state index contributed by atoms with van der Waals surface area (Å²) in [5.74, 6) is -0.336. The lowest BCUT2D eigenvalue weighted by atomic mass is 10.2. The van der Waals surface area contributed by atoms with E-state index in [4.69, 9.17) is 0 Å². The van der Waals surface area contributed by atoms with E-state index >= 15 is 0 Å². The standard InChI is InChI=1S/C9H11NO2/c1-3-4-7-5-6-10-8(7)9(11)12-2/h3,5-6,10H,1,4H2,2H3. The van der Waals surface area contributed by atoms with Crippen LogP contribution in [0.1, 0.15) is 16.1 Å². The molecule has 0 aliphatic carbocycles. The molecule has 1 aromatic rings. The minimum absolute atomic E-state index is 0.336. The van der Waals surface area contributed by atoms with E-state index in [0.717, 1.165) is 5.56 Å². The first-order valence-corrected chi connectivity index (χ1v) is 3.65. The molecule has 1 rings (SSSR count).